The number of nitrogens with two attached hydrogens (primary N) is 1. The number of rotatable bonds is 19. The first kappa shape index (κ1) is 36.1. The number of aryl methyl sites for hydroxylation is 1. The molecule has 1 fully saturated rings. The molecule has 1 saturated heterocycles. The molecule has 1 unspecified atom stereocenters. The number of phenols is 1. The Kier molecular flexibility index (Phi) is 14.7. The molecule has 0 aromatic heterocycles. The Morgan fingerprint density at radius 3 is 2.62 bits per heavy atom. The van der Waals surface area contributed by atoms with E-state index in [2.05, 4.69) is 28.1 Å². The van der Waals surface area contributed by atoms with E-state index in [4.69, 9.17) is 10.5 Å². The average molecular weight is 643 g/mol. The maximum atomic E-state index is 12.8. The van der Waals surface area contributed by atoms with Crippen LogP contribution in [0.15, 0.2) is 72.0 Å². The number of hydrogen-bond donors (Lipinski definition) is 5. The molecule has 0 amide bonds. The van der Waals surface area contributed by atoms with Gasteiger partial charge in [-0.3, -0.25) is 9.59 Å². The highest BCUT2D eigenvalue weighted by Gasteiger charge is 2.22. The molecule has 254 valence electrons. The summed E-state index contributed by atoms with van der Waals surface area (Å²) in [6.45, 7) is 3.27. The molecular weight excluding hydrogens is 588 g/mol. The van der Waals surface area contributed by atoms with Gasteiger partial charge in [0, 0.05) is 12.6 Å². The molecule has 8 nitrogen and oxygen atoms in total. The van der Waals surface area contributed by atoms with Gasteiger partial charge in [-0.15, -0.1) is 0 Å². The molecule has 6 N–H and O–H groups in total. The Hall–Kier alpha value is -3.72. The van der Waals surface area contributed by atoms with Gasteiger partial charge in [0.1, 0.15) is 5.78 Å². The predicted octanol–water partition coefficient (Wildman–Crippen LogP) is 5.60. The Bertz CT molecular complexity index is 1400. The Morgan fingerprint density at radius 1 is 1.09 bits per heavy atom. The number of dihydropyridines is 1. The van der Waals surface area contributed by atoms with Crippen molar-refractivity contribution in [1.29, 1.82) is 0 Å². The highest BCUT2D eigenvalue weighted by molar-refractivity contribution is 6.06. The summed E-state index contributed by atoms with van der Waals surface area (Å²) in [6, 6.07) is 13.8. The van der Waals surface area contributed by atoms with E-state index in [1.165, 1.54) is 38.0 Å². The molecule has 2 heterocycles. The van der Waals surface area contributed by atoms with E-state index in [1.54, 1.807) is 18.2 Å². The SMILES string of the molecule is CNC[C@H](CCCCCC(=O)CC(=O)/C=C/c1cc(OC)c(O)cc1CC1=CNC(N)C=C1CCc1ccccc1)C1CCNCC1. The van der Waals surface area contributed by atoms with Crippen LogP contribution in [-0.2, 0) is 22.4 Å². The summed E-state index contributed by atoms with van der Waals surface area (Å²) in [5.41, 5.74) is 11.3. The smallest absolute Gasteiger partial charge is 0.163 e. The molecule has 0 saturated carbocycles. The third kappa shape index (κ3) is 11.8. The second-order valence-corrected chi connectivity index (χ2v) is 13.0. The summed E-state index contributed by atoms with van der Waals surface area (Å²) < 4.78 is 5.37. The van der Waals surface area contributed by atoms with E-state index in [1.807, 2.05) is 37.5 Å². The highest BCUT2D eigenvalue weighted by atomic mass is 16.5. The first-order chi connectivity index (χ1) is 22.9. The molecule has 2 aliphatic rings. The fraction of sp³-hybridized carbons (Fsp3) is 0.487. The molecule has 0 spiro atoms. The minimum atomic E-state index is -0.266. The van der Waals surface area contributed by atoms with Gasteiger partial charge in [0.15, 0.2) is 17.3 Å². The van der Waals surface area contributed by atoms with E-state index in [-0.39, 0.29) is 29.9 Å². The van der Waals surface area contributed by atoms with Crippen LogP contribution in [0.2, 0.25) is 0 Å². The summed E-state index contributed by atoms with van der Waals surface area (Å²) >= 11 is 0. The van der Waals surface area contributed by atoms with E-state index in [0.717, 1.165) is 79.9 Å². The van der Waals surface area contributed by atoms with Crippen LogP contribution >= 0.6 is 0 Å². The quantitative estimate of drug-likeness (QED) is 0.0762. The predicted molar refractivity (Wildman–Crippen MR) is 190 cm³/mol. The van der Waals surface area contributed by atoms with Gasteiger partial charge < -0.3 is 31.5 Å². The molecule has 4 rings (SSSR count). The number of Topliss-reactive ketones (excluding diaryl/α,β-unsaturated/α-hetero) is 1. The average Bonchev–Trinajstić information content (AvgIpc) is 3.08. The summed E-state index contributed by atoms with van der Waals surface area (Å²) in [5.74, 6) is 1.58. The van der Waals surface area contributed by atoms with Crippen molar-refractivity contribution in [3.8, 4) is 11.5 Å². The first-order valence-corrected chi connectivity index (χ1v) is 17.3. The van der Waals surface area contributed by atoms with Crippen LogP contribution in [0.4, 0.5) is 0 Å². The van der Waals surface area contributed by atoms with Gasteiger partial charge in [-0.1, -0.05) is 49.2 Å². The molecule has 2 aromatic carbocycles. The fourth-order valence-electron chi connectivity index (χ4n) is 6.81. The van der Waals surface area contributed by atoms with E-state index in [9.17, 15) is 14.7 Å². The highest BCUT2D eigenvalue weighted by Crippen LogP contribution is 2.33. The third-order valence-corrected chi connectivity index (χ3v) is 9.46. The van der Waals surface area contributed by atoms with Crippen LogP contribution < -0.4 is 26.4 Å². The van der Waals surface area contributed by atoms with Crippen molar-refractivity contribution in [2.24, 2.45) is 17.6 Å². The number of hydrogen-bond acceptors (Lipinski definition) is 8. The molecule has 0 radical (unpaired) electrons. The third-order valence-electron chi connectivity index (χ3n) is 9.46. The van der Waals surface area contributed by atoms with Crippen molar-refractivity contribution in [2.75, 3.05) is 33.8 Å². The number of allylic oxidation sites excluding steroid dienone is 3. The van der Waals surface area contributed by atoms with Crippen molar-refractivity contribution in [2.45, 2.75) is 76.8 Å². The fourth-order valence-corrected chi connectivity index (χ4v) is 6.81. The lowest BCUT2D eigenvalue weighted by molar-refractivity contribution is -0.124. The number of ketones is 2. The number of carbonyl (C=O) groups is 2. The van der Waals surface area contributed by atoms with E-state index in [0.29, 0.717) is 24.5 Å². The van der Waals surface area contributed by atoms with E-state index < -0.39 is 0 Å². The van der Waals surface area contributed by atoms with Crippen molar-refractivity contribution < 1.29 is 19.4 Å². The lowest BCUT2D eigenvalue weighted by Gasteiger charge is -2.30. The minimum Gasteiger partial charge on any atom is -0.504 e. The maximum Gasteiger partial charge on any atom is 0.163 e. The number of unbranched alkanes of at least 4 members (excludes halogenated alkanes) is 2. The summed E-state index contributed by atoms with van der Waals surface area (Å²) in [6.07, 6.45) is 16.1. The van der Waals surface area contributed by atoms with Crippen LogP contribution in [0, 0.1) is 11.8 Å². The monoisotopic (exact) mass is 642 g/mol. The molecule has 0 aliphatic carbocycles. The number of methoxy groups -OCH3 is 1. The number of phenolic OH excluding ortho intramolecular Hbond substituents is 1. The molecular formula is C39H54N4O4. The standard InChI is InChI=1S/C39H54N4O4/c1-41-26-32(29-17-19-42-20-18-29)11-7-4-8-12-35(44)25-36(45)16-15-30-23-38(47-2)37(46)22-33(30)21-34-27-43-39(40)24-31(34)14-13-28-9-5-3-6-10-28/h3,5-6,9-10,15-16,22-24,27,29,32,39,41-43,46H,4,7-8,11-14,17-21,25-26,40H2,1-2H3/b16-15+/t32-,39?/m0/s1. The van der Waals surface area contributed by atoms with Crippen molar-refractivity contribution in [3.05, 3.63) is 88.7 Å². The normalized spacial score (nSPS) is 17.6. The van der Waals surface area contributed by atoms with Gasteiger partial charge >= 0.3 is 0 Å². The van der Waals surface area contributed by atoms with Gasteiger partial charge in [0.25, 0.3) is 0 Å². The summed E-state index contributed by atoms with van der Waals surface area (Å²) in [4.78, 5) is 25.5. The molecule has 2 aromatic rings. The Balaban J connectivity index is 1.31. The maximum absolute atomic E-state index is 12.8. The Labute approximate surface area is 280 Å². The summed E-state index contributed by atoms with van der Waals surface area (Å²) in [7, 11) is 3.53. The van der Waals surface area contributed by atoms with Crippen LogP contribution in [-0.4, -0.2) is 56.6 Å². The van der Waals surface area contributed by atoms with Crippen molar-refractivity contribution >= 4 is 17.6 Å². The first-order valence-electron chi connectivity index (χ1n) is 17.3. The zero-order valence-electron chi connectivity index (χ0n) is 28.2. The largest absolute Gasteiger partial charge is 0.504 e. The van der Waals surface area contributed by atoms with Crippen molar-refractivity contribution in [1.82, 2.24) is 16.0 Å². The molecule has 47 heavy (non-hydrogen) atoms. The number of benzene rings is 2. The minimum absolute atomic E-state index is 0.0174. The van der Waals surface area contributed by atoms with Gasteiger partial charge in [0.05, 0.1) is 19.7 Å². The molecule has 0 bridgehead atoms. The zero-order chi connectivity index (χ0) is 33.4. The number of piperidine rings is 1. The Morgan fingerprint density at radius 2 is 1.87 bits per heavy atom. The lowest BCUT2D eigenvalue weighted by Crippen LogP contribution is -2.35. The number of carbonyl (C=O) groups excluding carboxylic acids is 2. The van der Waals surface area contributed by atoms with Crippen LogP contribution in [0.3, 0.4) is 0 Å². The number of aromatic hydroxyl groups is 1. The van der Waals surface area contributed by atoms with Crippen LogP contribution in [0.25, 0.3) is 6.08 Å². The second-order valence-electron chi connectivity index (χ2n) is 13.0. The summed E-state index contributed by atoms with van der Waals surface area (Å²) in [5, 5.41) is 20.6. The van der Waals surface area contributed by atoms with Gasteiger partial charge in [-0.2, -0.15) is 0 Å². The van der Waals surface area contributed by atoms with E-state index >= 15 is 0 Å². The zero-order valence-corrected chi connectivity index (χ0v) is 28.2. The number of ether oxygens (including phenoxy) is 1. The van der Waals surface area contributed by atoms with Crippen LogP contribution in [0.1, 0.15) is 74.5 Å². The molecule has 2 atom stereocenters. The molecule has 8 heteroatoms. The molecule has 2 aliphatic heterocycles. The second kappa shape index (κ2) is 19.2. The van der Waals surface area contributed by atoms with Gasteiger partial charge in [-0.25, -0.2) is 0 Å². The van der Waals surface area contributed by atoms with Gasteiger partial charge in [0.2, 0.25) is 0 Å². The lowest BCUT2D eigenvalue weighted by atomic mass is 9.81. The number of nitrogens with one attached hydrogen (secondary N) is 3. The van der Waals surface area contributed by atoms with Crippen LogP contribution in [0.5, 0.6) is 11.5 Å². The topological polar surface area (TPSA) is 126 Å². The van der Waals surface area contributed by atoms with Gasteiger partial charge in [-0.05, 0) is 136 Å². The van der Waals surface area contributed by atoms with Crippen molar-refractivity contribution in [3.63, 3.8) is 0 Å².